The summed E-state index contributed by atoms with van der Waals surface area (Å²) in [5.74, 6) is 0.589. The Bertz CT molecular complexity index is 559. The Morgan fingerprint density at radius 1 is 1.45 bits per heavy atom. The Kier molecular flexibility index (Phi) is 5.69. The van der Waals surface area contributed by atoms with Crippen LogP contribution in [-0.2, 0) is 10.0 Å². The van der Waals surface area contributed by atoms with Crippen molar-refractivity contribution < 1.29 is 13.5 Å². The molecule has 0 bridgehead atoms. The normalized spacial score (nSPS) is 14.8. The maximum atomic E-state index is 11.6. The first-order valence-electron chi connectivity index (χ1n) is 6.00. The summed E-state index contributed by atoms with van der Waals surface area (Å²) in [6.07, 6.45) is 1.92. The molecule has 0 aliphatic rings. The maximum Gasteiger partial charge on any atom is 0.240 e. The lowest BCUT2D eigenvalue weighted by Crippen LogP contribution is -2.36. The molecule has 8 heteroatoms. The predicted octanol–water partition coefficient (Wildman–Crippen LogP) is 0.703. The highest BCUT2D eigenvalue weighted by Gasteiger charge is 2.20. The average Bonchev–Trinajstić information content (AvgIpc) is 2.37. The van der Waals surface area contributed by atoms with Crippen LogP contribution in [-0.4, -0.2) is 44.7 Å². The second kappa shape index (κ2) is 6.66. The zero-order valence-electron chi connectivity index (χ0n) is 11.8. The van der Waals surface area contributed by atoms with Gasteiger partial charge in [0.2, 0.25) is 10.0 Å². The van der Waals surface area contributed by atoms with Crippen molar-refractivity contribution in [1.29, 1.82) is 0 Å². The Hall–Kier alpha value is -0.960. The van der Waals surface area contributed by atoms with Gasteiger partial charge in [0.05, 0.1) is 21.9 Å². The molecule has 1 aromatic carbocycles. The molecule has 0 saturated heterocycles. The minimum Gasteiger partial charge on any atom is -0.397 e. The van der Waals surface area contributed by atoms with Gasteiger partial charge in [-0.15, -0.1) is 0 Å². The smallest absolute Gasteiger partial charge is 0.240 e. The van der Waals surface area contributed by atoms with Crippen LogP contribution in [0.2, 0.25) is 0 Å². The van der Waals surface area contributed by atoms with Crippen LogP contribution in [0.3, 0.4) is 0 Å². The molecule has 1 aromatic rings. The summed E-state index contributed by atoms with van der Waals surface area (Å²) in [6.45, 7) is 2.06. The van der Waals surface area contributed by atoms with Gasteiger partial charge in [-0.05, 0) is 38.4 Å². The van der Waals surface area contributed by atoms with E-state index < -0.39 is 15.6 Å². The number of hydrogen-bond acceptors (Lipinski definition) is 6. The van der Waals surface area contributed by atoms with Crippen molar-refractivity contribution in [2.24, 2.45) is 0 Å². The van der Waals surface area contributed by atoms with E-state index in [-0.39, 0.29) is 4.90 Å². The van der Waals surface area contributed by atoms with Crippen LogP contribution in [0.15, 0.2) is 23.1 Å². The highest BCUT2D eigenvalue weighted by Crippen LogP contribution is 2.23. The molecular weight excluding hydrogens is 298 g/mol. The van der Waals surface area contributed by atoms with Gasteiger partial charge in [0, 0.05) is 12.3 Å². The molecule has 0 fully saturated rings. The molecule has 0 heterocycles. The van der Waals surface area contributed by atoms with Gasteiger partial charge in [0.15, 0.2) is 0 Å². The third-order valence-electron chi connectivity index (χ3n) is 2.72. The summed E-state index contributed by atoms with van der Waals surface area (Å²) in [6, 6.07) is 4.44. The molecule has 1 unspecified atom stereocenters. The molecule has 0 saturated carbocycles. The molecule has 1 rings (SSSR count). The number of nitrogens with two attached hydrogens (primary N) is 1. The fraction of sp³-hybridized carbons (Fsp3) is 0.500. The SMILES string of the molecule is CNS(=O)(=O)c1ccc(NCC(C)(O)CSC)c(N)c1. The number of nitrogen functional groups attached to an aromatic ring is 1. The number of thioether (sulfide) groups is 1. The minimum absolute atomic E-state index is 0.110. The van der Waals surface area contributed by atoms with E-state index in [1.165, 1.54) is 19.2 Å². The summed E-state index contributed by atoms with van der Waals surface area (Å²) in [4.78, 5) is 0.110. The second-order valence-electron chi connectivity index (χ2n) is 4.74. The number of benzene rings is 1. The molecule has 6 nitrogen and oxygen atoms in total. The van der Waals surface area contributed by atoms with Gasteiger partial charge in [-0.3, -0.25) is 0 Å². The van der Waals surface area contributed by atoms with Gasteiger partial charge < -0.3 is 16.2 Å². The van der Waals surface area contributed by atoms with E-state index in [9.17, 15) is 13.5 Å². The summed E-state index contributed by atoms with van der Waals surface area (Å²) < 4.78 is 25.5. The van der Waals surface area contributed by atoms with Gasteiger partial charge in [-0.25, -0.2) is 13.1 Å². The third kappa shape index (κ3) is 4.55. The Morgan fingerprint density at radius 3 is 2.60 bits per heavy atom. The topological polar surface area (TPSA) is 104 Å². The molecule has 0 aromatic heterocycles. The second-order valence-corrected chi connectivity index (χ2v) is 7.49. The van der Waals surface area contributed by atoms with Crippen LogP contribution < -0.4 is 15.8 Å². The molecule has 5 N–H and O–H groups in total. The van der Waals surface area contributed by atoms with Crippen molar-refractivity contribution in [3.63, 3.8) is 0 Å². The summed E-state index contributed by atoms with van der Waals surface area (Å²) in [5.41, 5.74) is 5.89. The van der Waals surface area contributed by atoms with Crippen LogP contribution in [0.4, 0.5) is 11.4 Å². The summed E-state index contributed by atoms with van der Waals surface area (Å²) >= 11 is 1.55. The van der Waals surface area contributed by atoms with Crippen molar-refractivity contribution >= 4 is 33.2 Å². The molecule has 1 atom stereocenters. The van der Waals surface area contributed by atoms with Crippen molar-refractivity contribution in [2.45, 2.75) is 17.4 Å². The zero-order chi connectivity index (χ0) is 15.4. The third-order valence-corrected chi connectivity index (χ3v) is 5.04. The molecule has 114 valence electrons. The van der Waals surface area contributed by atoms with E-state index in [2.05, 4.69) is 10.0 Å². The first-order chi connectivity index (χ1) is 9.22. The van der Waals surface area contributed by atoms with Crippen molar-refractivity contribution in [2.75, 3.05) is 36.7 Å². The van der Waals surface area contributed by atoms with Crippen LogP contribution in [0.25, 0.3) is 0 Å². The average molecular weight is 319 g/mol. The molecular formula is C12H21N3O3S2. The van der Waals surface area contributed by atoms with Crippen LogP contribution >= 0.6 is 11.8 Å². The van der Waals surface area contributed by atoms with Crippen LogP contribution in [0.1, 0.15) is 6.92 Å². The molecule has 0 aliphatic heterocycles. The van der Waals surface area contributed by atoms with Crippen molar-refractivity contribution in [3.8, 4) is 0 Å². The van der Waals surface area contributed by atoms with Gasteiger partial charge in [-0.2, -0.15) is 11.8 Å². The van der Waals surface area contributed by atoms with Crippen molar-refractivity contribution in [1.82, 2.24) is 4.72 Å². The fourth-order valence-electron chi connectivity index (χ4n) is 1.63. The number of anilines is 2. The van der Waals surface area contributed by atoms with Gasteiger partial charge >= 0.3 is 0 Å². The lowest BCUT2D eigenvalue weighted by Gasteiger charge is -2.23. The maximum absolute atomic E-state index is 11.6. The predicted molar refractivity (Wildman–Crippen MR) is 84.6 cm³/mol. The standard InChI is InChI=1S/C12H21N3O3S2/c1-12(16,8-19-3)7-15-11-5-4-9(6-10(11)13)20(17,18)14-2/h4-6,14-16H,7-8,13H2,1-3H3. The number of aliphatic hydroxyl groups is 1. The first-order valence-corrected chi connectivity index (χ1v) is 8.88. The zero-order valence-corrected chi connectivity index (χ0v) is 13.4. The Balaban J connectivity index is 2.85. The highest BCUT2D eigenvalue weighted by molar-refractivity contribution is 7.98. The monoisotopic (exact) mass is 319 g/mol. The number of rotatable bonds is 7. The molecule has 0 radical (unpaired) electrons. The van der Waals surface area contributed by atoms with Crippen LogP contribution in [0, 0.1) is 0 Å². The molecule has 0 amide bonds. The lowest BCUT2D eigenvalue weighted by atomic mass is 10.1. The largest absolute Gasteiger partial charge is 0.397 e. The molecule has 0 spiro atoms. The van der Waals surface area contributed by atoms with Gasteiger partial charge in [-0.1, -0.05) is 0 Å². The molecule has 0 aliphatic carbocycles. The number of hydrogen-bond donors (Lipinski definition) is 4. The first kappa shape index (κ1) is 17.1. The molecule has 20 heavy (non-hydrogen) atoms. The van der Waals surface area contributed by atoms with Gasteiger partial charge in [0.1, 0.15) is 0 Å². The number of sulfonamides is 1. The summed E-state index contributed by atoms with van der Waals surface area (Å²) in [5, 5.41) is 13.1. The van der Waals surface area contributed by atoms with E-state index >= 15 is 0 Å². The van der Waals surface area contributed by atoms with Crippen molar-refractivity contribution in [3.05, 3.63) is 18.2 Å². The Morgan fingerprint density at radius 2 is 2.10 bits per heavy atom. The van der Waals surface area contributed by atoms with E-state index in [0.717, 1.165) is 0 Å². The van der Waals surface area contributed by atoms with Gasteiger partial charge in [0.25, 0.3) is 0 Å². The minimum atomic E-state index is -3.50. The number of nitrogens with one attached hydrogen (secondary N) is 2. The van der Waals surface area contributed by atoms with E-state index in [1.54, 1.807) is 24.8 Å². The highest BCUT2D eigenvalue weighted by atomic mass is 32.2. The van der Waals surface area contributed by atoms with E-state index in [0.29, 0.717) is 23.7 Å². The van der Waals surface area contributed by atoms with Crippen LogP contribution in [0.5, 0.6) is 0 Å². The lowest BCUT2D eigenvalue weighted by molar-refractivity contribution is 0.0997. The fourth-order valence-corrected chi connectivity index (χ4v) is 3.12. The van der Waals surface area contributed by atoms with E-state index in [4.69, 9.17) is 5.73 Å². The Labute approximate surface area is 124 Å². The quantitative estimate of drug-likeness (QED) is 0.552. The van der Waals surface area contributed by atoms with E-state index in [1.807, 2.05) is 6.26 Å². The summed E-state index contributed by atoms with van der Waals surface area (Å²) in [7, 11) is -2.16.